The van der Waals surface area contributed by atoms with E-state index in [2.05, 4.69) is 34.6 Å². The molecule has 6 nitrogen and oxygen atoms in total. The first-order valence-electron chi connectivity index (χ1n) is 14.2. The van der Waals surface area contributed by atoms with Crippen LogP contribution in [0.2, 0.25) is 0 Å². The lowest BCUT2D eigenvalue weighted by Crippen LogP contribution is -2.61. The lowest BCUT2D eigenvalue weighted by molar-refractivity contribution is -0.163. The fourth-order valence-corrected chi connectivity index (χ4v) is 9.77. The maximum Gasteiger partial charge on any atom is 0.0853 e. The summed E-state index contributed by atoms with van der Waals surface area (Å²) < 4.78 is 0. The summed E-state index contributed by atoms with van der Waals surface area (Å²) in [6.45, 7) is 14.2. The van der Waals surface area contributed by atoms with Crippen molar-refractivity contribution in [3.63, 3.8) is 0 Å². The standard InChI is InChI=1S/C30H52O6/c1-26(2)22-10-9-19-20(28(22,5)15-21(32)25(26)35)14-24(34)30(7)18(12-13-29(19,30)6)17(16-31)8-11-23(33)27(3,4)36/h17-18,21-25,31-36H,8-16H2,1-7H3/t17-,18+,21-,22+,23-,24-,25-,28-,29+,30-/m1/s1. The minimum absolute atomic E-state index is 0.00555. The fraction of sp³-hybridized carbons (Fsp3) is 0.933. The summed E-state index contributed by atoms with van der Waals surface area (Å²) in [7, 11) is 0. The summed E-state index contributed by atoms with van der Waals surface area (Å²) in [5, 5.41) is 64.7. The Morgan fingerprint density at radius 3 is 2.19 bits per heavy atom. The molecule has 0 aromatic rings. The Balaban J connectivity index is 1.69. The largest absolute Gasteiger partial charge is 0.396 e. The van der Waals surface area contributed by atoms with Gasteiger partial charge in [-0.3, -0.25) is 0 Å². The second-order valence-electron chi connectivity index (χ2n) is 14.7. The number of aliphatic hydroxyl groups is 6. The summed E-state index contributed by atoms with van der Waals surface area (Å²) >= 11 is 0. The first kappa shape index (κ1) is 28.5. The Morgan fingerprint density at radius 2 is 1.61 bits per heavy atom. The van der Waals surface area contributed by atoms with Crippen LogP contribution in [-0.4, -0.2) is 67.3 Å². The van der Waals surface area contributed by atoms with Crippen LogP contribution in [0.3, 0.4) is 0 Å². The number of rotatable bonds is 6. The number of fused-ring (bicyclic) bond motifs is 4. The van der Waals surface area contributed by atoms with E-state index in [1.54, 1.807) is 13.8 Å². The molecule has 208 valence electrons. The molecular weight excluding hydrogens is 456 g/mol. The molecule has 2 fully saturated rings. The van der Waals surface area contributed by atoms with Gasteiger partial charge in [0.05, 0.1) is 30.0 Å². The molecule has 0 radical (unpaired) electrons. The topological polar surface area (TPSA) is 121 Å². The number of hydrogen-bond acceptors (Lipinski definition) is 6. The van der Waals surface area contributed by atoms with Gasteiger partial charge in [0, 0.05) is 12.0 Å². The highest BCUT2D eigenvalue weighted by atomic mass is 16.3. The predicted octanol–water partition coefficient (Wildman–Crippen LogP) is 3.56. The number of hydrogen-bond donors (Lipinski definition) is 6. The third kappa shape index (κ3) is 3.88. The minimum Gasteiger partial charge on any atom is -0.396 e. The van der Waals surface area contributed by atoms with Gasteiger partial charge in [0.25, 0.3) is 0 Å². The first-order chi connectivity index (χ1) is 16.5. The van der Waals surface area contributed by atoms with Crippen LogP contribution < -0.4 is 0 Å². The molecular formula is C30H52O6. The van der Waals surface area contributed by atoms with Crippen LogP contribution in [0.1, 0.15) is 99.8 Å². The quantitative estimate of drug-likeness (QED) is 0.305. The van der Waals surface area contributed by atoms with Crippen molar-refractivity contribution in [2.75, 3.05) is 6.61 Å². The zero-order valence-corrected chi connectivity index (χ0v) is 23.6. The summed E-state index contributed by atoms with van der Waals surface area (Å²) in [4.78, 5) is 0. The zero-order valence-electron chi connectivity index (χ0n) is 23.6. The van der Waals surface area contributed by atoms with Gasteiger partial charge in [-0.15, -0.1) is 0 Å². The van der Waals surface area contributed by atoms with E-state index in [0.29, 0.717) is 25.7 Å². The molecule has 6 heteroatoms. The summed E-state index contributed by atoms with van der Waals surface area (Å²) in [5.74, 6) is 0.308. The average Bonchev–Trinajstić information content (AvgIpc) is 3.06. The highest BCUT2D eigenvalue weighted by molar-refractivity contribution is 5.40. The van der Waals surface area contributed by atoms with Crippen molar-refractivity contribution >= 4 is 0 Å². The Morgan fingerprint density at radius 1 is 0.972 bits per heavy atom. The van der Waals surface area contributed by atoms with Crippen molar-refractivity contribution in [2.45, 2.75) is 130 Å². The fourth-order valence-electron chi connectivity index (χ4n) is 9.77. The van der Waals surface area contributed by atoms with E-state index in [1.807, 2.05) is 0 Å². The molecule has 0 amide bonds. The Kier molecular flexibility index (Phi) is 7.15. The monoisotopic (exact) mass is 508 g/mol. The van der Waals surface area contributed by atoms with Gasteiger partial charge < -0.3 is 30.6 Å². The van der Waals surface area contributed by atoms with Crippen molar-refractivity contribution in [2.24, 2.45) is 39.4 Å². The molecule has 0 heterocycles. The van der Waals surface area contributed by atoms with Gasteiger partial charge in [-0.25, -0.2) is 0 Å². The average molecular weight is 509 g/mol. The first-order valence-corrected chi connectivity index (χ1v) is 14.2. The van der Waals surface area contributed by atoms with Gasteiger partial charge in [-0.05, 0) is 99.2 Å². The zero-order chi connectivity index (χ0) is 27.1. The number of allylic oxidation sites excluding steroid dienone is 1. The Labute approximate surface area is 217 Å². The van der Waals surface area contributed by atoms with E-state index in [0.717, 1.165) is 25.7 Å². The van der Waals surface area contributed by atoms with Gasteiger partial charge in [-0.2, -0.15) is 0 Å². The van der Waals surface area contributed by atoms with Crippen LogP contribution >= 0.6 is 0 Å². The Bertz CT molecular complexity index is 875. The molecule has 36 heavy (non-hydrogen) atoms. The van der Waals surface area contributed by atoms with Crippen molar-refractivity contribution in [3.8, 4) is 0 Å². The molecule has 4 rings (SSSR count). The molecule has 4 aliphatic rings. The van der Waals surface area contributed by atoms with Gasteiger partial charge >= 0.3 is 0 Å². The molecule has 10 atom stereocenters. The lowest BCUT2D eigenvalue weighted by atomic mass is 9.42. The van der Waals surface area contributed by atoms with Crippen LogP contribution in [0.15, 0.2) is 11.1 Å². The molecule has 0 unspecified atom stereocenters. The van der Waals surface area contributed by atoms with Crippen molar-refractivity contribution < 1.29 is 30.6 Å². The van der Waals surface area contributed by atoms with E-state index < -0.39 is 40.8 Å². The molecule has 0 saturated heterocycles. The maximum absolute atomic E-state index is 11.9. The molecule has 0 aliphatic heterocycles. The van der Waals surface area contributed by atoms with Gasteiger partial charge in [0.1, 0.15) is 0 Å². The van der Waals surface area contributed by atoms with Gasteiger partial charge in [0.15, 0.2) is 0 Å². The molecule has 0 aromatic heterocycles. The smallest absolute Gasteiger partial charge is 0.0853 e. The van der Waals surface area contributed by atoms with Crippen molar-refractivity contribution in [3.05, 3.63) is 11.1 Å². The lowest BCUT2D eigenvalue weighted by Gasteiger charge is -2.63. The highest BCUT2D eigenvalue weighted by Gasteiger charge is 2.67. The van der Waals surface area contributed by atoms with Crippen LogP contribution in [0.4, 0.5) is 0 Å². The third-order valence-electron chi connectivity index (χ3n) is 12.3. The molecule has 4 aliphatic carbocycles. The summed E-state index contributed by atoms with van der Waals surface area (Å²) in [5.41, 5.74) is 0.313. The summed E-state index contributed by atoms with van der Waals surface area (Å²) in [6.07, 6.45) is 2.97. The van der Waals surface area contributed by atoms with Crippen LogP contribution in [0, 0.1) is 39.4 Å². The summed E-state index contributed by atoms with van der Waals surface area (Å²) in [6, 6.07) is 0. The molecule has 0 aromatic carbocycles. The van der Waals surface area contributed by atoms with Gasteiger partial charge in [-0.1, -0.05) is 45.8 Å². The van der Waals surface area contributed by atoms with E-state index in [4.69, 9.17) is 0 Å². The third-order valence-corrected chi connectivity index (χ3v) is 12.3. The maximum atomic E-state index is 11.9. The SMILES string of the molecule is CC(C)(O)[C@H](O)CC[C@H](CO)[C@@H]1CC[C@@]2(C)C3=C(C[C@@H](O)[C@@]12C)[C@@]1(C)C[C@@H](O)[C@@H](O)C(C)(C)[C@@H]1CC3. The normalized spacial score (nSPS) is 46.1. The Hall–Kier alpha value is -0.500. The minimum atomic E-state index is -1.18. The number of aliphatic hydroxyl groups excluding tert-OH is 5. The molecule has 0 bridgehead atoms. The second-order valence-corrected chi connectivity index (χ2v) is 14.7. The van der Waals surface area contributed by atoms with E-state index in [-0.39, 0.29) is 35.2 Å². The van der Waals surface area contributed by atoms with Crippen molar-refractivity contribution in [1.29, 1.82) is 0 Å². The predicted molar refractivity (Wildman–Crippen MR) is 140 cm³/mol. The molecule has 6 N–H and O–H groups in total. The molecule has 2 saturated carbocycles. The highest BCUT2D eigenvalue weighted by Crippen LogP contribution is 2.72. The van der Waals surface area contributed by atoms with Crippen LogP contribution in [0.25, 0.3) is 0 Å². The van der Waals surface area contributed by atoms with Crippen molar-refractivity contribution in [1.82, 2.24) is 0 Å². The second kappa shape index (κ2) is 9.02. The van der Waals surface area contributed by atoms with Crippen LogP contribution in [-0.2, 0) is 0 Å². The van der Waals surface area contributed by atoms with Gasteiger partial charge in [0.2, 0.25) is 0 Å². The van der Waals surface area contributed by atoms with E-state index in [9.17, 15) is 30.6 Å². The van der Waals surface area contributed by atoms with Crippen LogP contribution in [0.5, 0.6) is 0 Å². The van der Waals surface area contributed by atoms with E-state index >= 15 is 0 Å². The van der Waals surface area contributed by atoms with E-state index in [1.165, 1.54) is 11.1 Å². The molecule has 0 spiro atoms.